The molecule has 3 heterocycles. The number of carbonyl (C=O) groups excluding carboxylic acids is 1. The Kier molecular flexibility index (Phi) is 4.61. The van der Waals surface area contributed by atoms with Crippen molar-refractivity contribution in [2.45, 2.75) is 6.54 Å². The summed E-state index contributed by atoms with van der Waals surface area (Å²) in [6.45, 7) is 0.605. The first-order valence-corrected chi connectivity index (χ1v) is 9.69. The average molecular weight is 415 g/mol. The number of hydrogen-bond donors (Lipinski definition) is 0. The second-order valence-corrected chi connectivity index (χ2v) is 7.21. The van der Waals surface area contributed by atoms with Gasteiger partial charge in [-0.1, -0.05) is 48.0 Å². The van der Waals surface area contributed by atoms with E-state index in [1.54, 1.807) is 18.3 Å². The first-order valence-electron chi connectivity index (χ1n) is 9.31. The molecule has 7 heteroatoms. The Morgan fingerprint density at radius 3 is 2.57 bits per heavy atom. The Hall–Kier alpha value is -3.77. The lowest BCUT2D eigenvalue weighted by molar-refractivity contribution is 0.100. The molecule has 0 bridgehead atoms. The zero-order chi connectivity index (χ0) is 20.5. The molecule has 30 heavy (non-hydrogen) atoms. The predicted octanol–water partition coefficient (Wildman–Crippen LogP) is 5.02. The number of para-hydroxylation sites is 1. The second kappa shape index (κ2) is 7.57. The lowest BCUT2D eigenvalue weighted by atomic mass is 10.1. The van der Waals surface area contributed by atoms with Crippen LogP contribution in [0.3, 0.4) is 0 Å². The summed E-state index contributed by atoms with van der Waals surface area (Å²) in [5.74, 6) is -0.176. The molecule has 0 aliphatic rings. The Bertz CT molecular complexity index is 1340. The molecule has 0 aliphatic carbocycles. The van der Waals surface area contributed by atoms with E-state index in [0.29, 0.717) is 22.8 Å². The zero-order valence-corrected chi connectivity index (χ0v) is 16.5. The highest BCUT2D eigenvalue weighted by Crippen LogP contribution is 2.26. The number of benzene rings is 2. The Morgan fingerprint density at radius 1 is 0.967 bits per heavy atom. The Labute approximate surface area is 176 Å². The average Bonchev–Trinajstić information content (AvgIpc) is 3.42. The number of nitrogens with zero attached hydrogens (tertiary/aromatic N) is 4. The normalized spacial score (nSPS) is 11.1. The maximum absolute atomic E-state index is 13.2. The third kappa shape index (κ3) is 3.38. The largest absolute Gasteiger partial charge is 0.412 e. The zero-order valence-electron chi connectivity index (χ0n) is 15.7. The van der Waals surface area contributed by atoms with Crippen LogP contribution in [0.2, 0.25) is 5.02 Å². The number of carbonyl (C=O) groups is 1. The van der Waals surface area contributed by atoms with Crippen molar-refractivity contribution in [1.82, 2.24) is 19.7 Å². The van der Waals surface area contributed by atoms with Gasteiger partial charge in [-0.25, -0.2) is 0 Å². The lowest BCUT2D eigenvalue weighted by Crippen LogP contribution is -2.02. The van der Waals surface area contributed by atoms with Gasteiger partial charge in [-0.3, -0.25) is 9.78 Å². The number of rotatable bonds is 5. The lowest BCUT2D eigenvalue weighted by Gasteiger charge is -2.05. The maximum Gasteiger partial charge on any atom is 0.289 e. The van der Waals surface area contributed by atoms with Gasteiger partial charge in [0.25, 0.3) is 17.6 Å². The highest BCUT2D eigenvalue weighted by atomic mass is 35.5. The molecule has 5 rings (SSSR count). The van der Waals surface area contributed by atoms with Crippen molar-refractivity contribution in [2.24, 2.45) is 0 Å². The first kappa shape index (κ1) is 18.3. The molecule has 0 N–H and O–H groups in total. The molecular weight excluding hydrogens is 400 g/mol. The van der Waals surface area contributed by atoms with E-state index in [1.807, 2.05) is 65.4 Å². The SMILES string of the molecule is O=C(c1nnc(-c2ccccn2)o1)c1cn(Cc2ccc(Cl)cc2)c2ccccc12. The maximum atomic E-state index is 13.2. The monoisotopic (exact) mass is 414 g/mol. The van der Waals surface area contributed by atoms with Gasteiger partial charge >= 0.3 is 0 Å². The van der Waals surface area contributed by atoms with Crippen LogP contribution in [0.5, 0.6) is 0 Å². The molecule has 2 aromatic carbocycles. The number of pyridine rings is 1. The van der Waals surface area contributed by atoms with Crippen molar-refractivity contribution in [3.05, 3.63) is 101 Å². The summed E-state index contributed by atoms with van der Waals surface area (Å²) in [7, 11) is 0. The summed E-state index contributed by atoms with van der Waals surface area (Å²) in [4.78, 5) is 17.3. The first-order chi connectivity index (χ1) is 14.7. The van der Waals surface area contributed by atoms with Gasteiger partial charge in [0.15, 0.2) is 0 Å². The van der Waals surface area contributed by atoms with Gasteiger partial charge in [-0.05, 0) is 35.9 Å². The van der Waals surface area contributed by atoms with Crippen LogP contribution in [0.25, 0.3) is 22.5 Å². The van der Waals surface area contributed by atoms with Crippen molar-refractivity contribution in [3.8, 4) is 11.6 Å². The van der Waals surface area contributed by atoms with Crippen LogP contribution in [-0.4, -0.2) is 25.5 Å². The van der Waals surface area contributed by atoms with Crippen LogP contribution in [0.15, 0.2) is 83.5 Å². The summed E-state index contributed by atoms with van der Waals surface area (Å²) < 4.78 is 7.65. The summed E-state index contributed by atoms with van der Waals surface area (Å²) in [6.07, 6.45) is 3.46. The number of hydrogen-bond acceptors (Lipinski definition) is 5. The molecule has 6 nitrogen and oxygen atoms in total. The smallest absolute Gasteiger partial charge is 0.289 e. The molecule has 0 fully saturated rings. The van der Waals surface area contributed by atoms with E-state index in [-0.39, 0.29) is 17.6 Å². The fraction of sp³-hybridized carbons (Fsp3) is 0.0435. The van der Waals surface area contributed by atoms with Crippen molar-refractivity contribution in [3.63, 3.8) is 0 Å². The fourth-order valence-corrected chi connectivity index (χ4v) is 3.49. The summed E-state index contributed by atoms with van der Waals surface area (Å²) in [6, 6.07) is 20.7. The number of halogens is 1. The van der Waals surface area contributed by atoms with Gasteiger partial charge in [0.05, 0.1) is 5.56 Å². The van der Waals surface area contributed by atoms with Crippen molar-refractivity contribution >= 4 is 28.3 Å². The third-order valence-electron chi connectivity index (χ3n) is 4.80. The topological polar surface area (TPSA) is 73.8 Å². The molecule has 0 saturated heterocycles. The molecule has 0 amide bonds. The van der Waals surface area contributed by atoms with Gasteiger partial charge < -0.3 is 8.98 Å². The van der Waals surface area contributed by atoms with Gasteiger partial charge in [0.1, 0.15) is 5.69 Å². The van der Waals surface area contributed by atoms with Gasteiger partial charge in [-0.15, -0.1) is 10.2 Å². The molecule has 0 atom stereocenters. The number of fused-ring (bicyclic) bond motifs is 1. The van der Waals surface area contributed by atoms with E-state index in [2.05, 4.69) is 15.2 Å². The standard InChI is InChI=1S/C23H15ClN4O2/c24-16-10-8-15(9-11-16)13-28-14-18(17-5-1-2-7-20(17)28)21(29)23-27-26-22(30-23)19-6-3-4-12-25-19/h1-12,14H,13H2. The minimum atomic E-state index is -0.323. The minimum Gasteiger partial charge on any atom is -0.412 e. The Balaban J connectivity index is 1.52. The molecular formula is C23H15ClN4O2. The van der Waals surface area contributed by atoms with Gasteiger partial charge in [0.2, 0.25) is 0 Å². The summed E-state index contributed by atoms with van der Waals surface area (Å²) in [5, 5.41) is 9.44. The van der Waals surface area contributed by atoms with Crippen LogP contribution in [0.4, 0.5) is 0 Å². The van der Waals surface area contributed by atoms with Crippen molar-refractivity contribution in [1.29, 1.82) is 0 Å². The highest BCUT2D eigenvalue weighted by Gasteiger charge is 2.22. The van der Waals surface area contributed by atoms with E-state index in [1.165, 1.54) is 0 Å². The predicted molar refractivity (Wildman–Crippen MR) is 113 cm³/mol. The van der Waals surface area contributed by atoms with Gasteiger partial charge in [-0.2, -0.15) is 0 Å². The van der Waals surface area contributed by atoms with E-state index in [0.717, 1.165) is 16.5 Å². The van der Waals surface area contributed by atoms with Crippen molar-refractivity contribution in [2.75, 3.05) is 0 Å². The summed E-state index contributed by atoms with van der Waals surface area (Å²) >= 11 is 5.99. The van der Waals surface area contributed by atoms with E-state index < -0.39 is 0 Å². The second-order valence-electron chi connectivity index (χ2n) is 6.77. The molecule has 3 aromatic heterocycles. The summed E-state index contributed by atoms with van der Waals surface area (Å²) in [5.41, 5.74) is 3.06. The molecule has 146 valence electrons. The van der Waals surface area contributed by atoms with E-state index >= 15 is 0 Å². The van der Waals surface area contributed by atoms with Crippen LogP contribution < -0.4 is 0 Å². The quantitative estimate of drug-likeness (QED) is 0.377. The fourth-order valence-electron chi connectivity index (χ4n) is 3.37. The number of aromatic nitrogens is 4. The van der Waals surface area contributed by atoms with Crippen LogP contribution in [0, 0.1) is 0 Å². The van der Waals surface area contributed by atoms with E-state index in [9.17, 15) is 4.79 Å². The van der Waals surface area contributed by atoms with E-state index in [4.69, 9.17) is 16.0 Å². The molecule has 0 spiro atoms. The molecule has 0 radical (unpaired) electrons. The van der Waals surface area contributed by atoms with Crippen LogP contribution in [-0.2, 0) is 6.54 Å². The van der Waals surface area contributed by atoms with Crippen molar-refractivity contribution < 1.29 is 9.21 Å². The highest BCUT2D eigenvalue weighted by molar-refractivity contribution is 6.30. The van der Waals surface area contributed by atoms with Gasteiger partial charge in [0, 0.05) is 34.9 Å². The number of ketones is 1. The van der Waals surface area contributed by atoms with Crippen LogP contribution in [0.1, 0.15) is 21.8 Å². The molecule has 0 aliphatic heterocycles. The molecule has 0 unspecified atom stereocenters. The third-order valence-corrected chi connectivity index (χ3v) is 5.05. The van der Waals surface area contributed by atoms with Crippen LogP contribution >= 0.6 is 11.6 Å². The molecule has 5 aromatic rings. The minimum absolute atomic E-state index is 0.0648. The Morgan fingerprint density at radius 2 is 1.77 bits per heavy atom. The molecule has 0 saturated carbocycles.